The van der Waals surface area contributed by atoms with Gasteiger partial charge in [0.25, 0.3) is 10.1 Å². The van der Waals surface area contributed by atoms with Crippen molar-refractivity contribution < 1.29 is 46.5 Å². The smallest absolute Gasteiger partial charge is 0.327 e. The van der Waals surface area contributed by atoms with Gasteiger partial charge in [-0.3, -0.25) is 4.55 Å². The molecule has 0 aliphatic carbocycles. The van der Waals surface area contributed by atoms with Gasteiger partial charge in [-0.1, -0.05) is 151 Å². The predicted octanol–water partition coefficient (Wildman–Crippen LogP) is 17.0. The van der Waals surface area contributed by atoms with Gasteiger partial charge in [-0.25, -0.2) is 5.26 Å². The lowest BCUT2D eigenvalue weighted by Gasteiger charge is -2.14. The highest BCUT2D eigenvalue weighted by atomic mass is 32.2. The molecule has 392 valence electrons. The third-order valence-electron chi connectivity index (χ3n) is 12.7. The fourth-order valence-electron chi connectivity index (χ4n) is 8.95. The second kappa shape index (κ2) is 22.6. The molecule has 0 saturated heterocycles. The molecule has 0 bridgehead atoms. The van der Waals surface area contributed by atoms with E-state index in [9.17, 15) is 18.2 Å². The van der Waals surface area contributed by atoms with E-state index >= 15 is 0 Å². The lowest BCUT2D eigenvalue weighted by molar-refractivity contribution is -0.432. The Morgan fingerprint density at radius 3 is 1.39 bits per heavy atom. The van der Waals surface area contributed by atoms with Crippen LogP contribution >= 0.6 is 12.0 Å². The van der Waals surface area contributed by atoms with E-state index < -0.39 is 15.0 Å². The van der Waals surface area contributed by atoms with Crippen molar-refractivity contribution in [1.29, 1.82) is 0 Å². The molecule has 0 aliphatic rings. The maximum absolute atomic E-state index is 13.1. The molecule has 0 fully saturated rings. The highest BCUT2D eigenvalue weighted by Crippen LogP contribution is 2.37. The topological polar surface area (TPSA) is 193 Å². The van der Waals surface area contributed by atoms with E-state index in [0.29, 0.717) is 62.8 Å². The molecule has 0 unspecified atom stereocenters. The molecule has 15 nitrogen and oxygen atoms in total. The first-order valence-corrected chi connectivity index (χ1v) is 27.0. The molecule has 0 atom stereocenters. The number of aromatic nitrogens is 3. The Bertz CT molecular complexity index is 4250. The quantitative estimate of drug-likeness (QED) is 0.0208. The first-order valence-electron chi connectivity index (χ1n) is 24.8. The van der Waals surface area contributed by atoms with Crippen molar-refractivity contribution in [2.75, 3.05) is 10.6 Å². The third kappa shape index (κ3) is 12.1. The molecule has 12 rings (SSSR count). The van der Waals surface area contributed by atoms with Crippen LogP contribution in [0, 0.1) is 0 Å². The molecule has 2 aromatic heterocycles. The lowest BCUT2D eigenvalue weighted by Crippen LogP contribution is -2.04. The Morgan fingerprint density at radius 1 is 0.412 bits per heavy atom. The van der Waals surface area contributed by atoms with Gasteiger partial charge in [0.15, 0.2) is 0 Å². The van der Waals surface area contributed by atoms with Crippen molar-refractivity contribution in [2.45, 2.75) is 9.79 Å². The van der Waals surface area contributed by atoms with Crippen LogP contribution in [0.25, 0.3) is 55.2 Å². The molecule has 0 spiro atoms. The van der Waals surface area contributed by atoms with E-state index in [1.54, 1.807) is 54.6 Å². The minimum absolute atomic E-state index is 0.0485. The van der Waals surface area contributed by atoms with E-state index in [4.69, 9.17) is 28.3 Å². The summed E-state index contributed by atoms with van der Waals surface area (Å²) >= 11 is 0.692. The van der Waals surface area contributed by atoms with Crippen LogP contribution in [-0.2, 0) is 19.5 Å². The number of rotatable bonds is 18. The zero-order valence-corrected chi connectivity index (χ0v) is 43.5. The number of nitrogens with zero attached hydrogens (tertiary/aromatic N) is 3. The van der Waals surface area contributed by atoms with Crippen LogP contribution in [-0.4, -0.2) is 33.2 Å². The maximum Gasteiger partial charge on any atom is 0.327 e. The van der Waals surface area contributed by atoms with Crippen molar-refractivity contribution in [1.82, 2.24) is 15.0 Å². The molecule has 2 heterocycles. The van der Waals surface area contributed by atoms with E-state index in [1.807, 2.05) is 164 Å². The SMILES string of the molecule is O=S(=O)(O)c1cc(Nc2cc(Oc3ccc4ccccc4c3)nc(Oc3ccc4ccccc4c3)n2)ccc1/C=C/c1ccc(Nc2cc(Oc3ccc4ccccc4c3)cc(Oc3ccc4ccccc4c3)n2)cc1SOOO. The maximum atomic E-state index is 13.1. The number of hydrogen-bond acceptors (Lipinski definition) is 15. The summed E-state index contributed by atoms with van der Waals surface area (Å²) in [6.45, 7) is 0. The fraction of sp³-hybridized carbons (Fsp3) is 0. The summed E-state index contributed by atoms with van der Waals surface area (Å²) in [6, 6.07) is 69.1. The summed E-state index contributed by atoms with van der Waals surface area (Å²) in [6.07, 6.45) is 3.13. The predicted molar refractivity (Wildman–Crippen MR) is 311 cm³/mol. The number of benzene rings is 10. The number of fused-ring (bicyclic) bond motifs is 4. The van der Waals surface area contributed by atoms with Gasteiger partial charge in [-0.15, -0.1) is 4.33 Å². The van der Waals surface area contributed by atoms with Gasteiger partial charge in [0, 0.05) is 34.5 Å². The molecule has 0 aliphatic heterocycles. The Hall–Kier alpha value is -9.85. The van der Waals surface area contributed by atoms with Crippen LogP contribution in [0.3, 0.4) is 0 Å². The van der Waals surface area contributed by atoms with Crippen LogP contribution in [0.2, 0.25) is 0 Å². The molecular formula is C63H43N5O10S2. The molecule has 0 amide bonds. The number of hydrogen-bond donors (Lipinski definition) is 4. The molecule has 4 N–H and O–H groups in total. The van der Waals surface area contributed by atoms with Gasteiger partial charge in [-0.2, -0.15) is 23.4 Å². The first-order chi connectivity index (χ1) is 39.1. The van der Waals surface area contributed by atoms with Crippen LogP contribution in [0.5, 0.6) is 46.5 Å². The van der Waals surface area contributed by atoms with Crippen LogP contribution in [0.4, 0.5) is 23.0 Å². The van der Waals surface area contributed by atoms with Gasteiger partial charge < -0.3 is 29.6 Å². The Balaban J connectivity index is 0.821. The molecule has 12 aromatic rings. The van der Waals surface area contributed by atoms with E-state index in [-0.39, 0.29) is 34.8 Å². The third-order valence-corrected chi connectivity index (χ3v) is 14.2. The Kier molecular flexibility index (Phi) is 14.4. The monoisotopic (exact) mass is 1090 g/mol. The molecule has 80 heavy (non-hydrogen) atoms. The van der Waals surface area contributed by atoms with Crippen LogP contribution in [0.1, 0.15) is 11.1 Å². The Morgan fingerprint density at radius 2 is 0.863 bits per heavy atom. The number of pyridine rings is 1. The summed E-state index contributed by atoms with van der Waals surface area (Å²) in [7, 11) is -4.81. The number of nitrogens with one attached hydrogen (secondary N) is 2. The van der Waals surface area contributed by atoms with Gasteiger partial charge in [0.05, 0.1) is 12.0 Å². The normalized spacial score (nSPS) is 11.6. The molecule has 0 radical (unpaired) electrons. The van der Waals surface area contributed by atoms with Crippen molar-refractivity contribution in [3.05, 3.63) is 236 Å². The van der Waals surface area contributed by atoms with Crippen LogP contribution in [0.15, 0.2) is 234 Å². The van der Waals surface area contributed by atoms with Crippen LogP contribution < -0.4 is 29.6 Å². The number of anilines is 4. The minimum Gasteiger partial charge on any atom is -0.457 e. The van der Waals surface area contributed by atoms with E-state index in [1.165, 1.54) is 18.2 Å². The van der Waals surface area contributed by atoms with Gasteiger partial charge in [-0.05, 0) is 127 Å². The highest BCUT2D eigenvalue weighted by Gasteiger charge is 2.18. The standard InChI is InChI=1S/C63H43N5O10S2/c69-77-78-79-57-35-50(64-59-37-56(73-52-27-21-40-9-1-5-13-46(40)31-52)38-61(66-59)74-53-28-22-41-10-2-6-14-47(41)32-53)25-19-44(57)17-18-45-20-26-51(36-58(45)80(70,71)72)65-60-39-62(75-54-29-23-42-11-3-7-15-48(42)33-54)68-63(67-60)76-55-30-24-43-12-4-8-16-49(43)34-55/h1-39,69H,(H,64,66)(H,65,67,68)(H,70,71,72)/b18-17+. The molecule has 0 saturated carbocycles. The largest absolute Gasteiger partial charge is 0.457 e. The van der Waals surface area contributed by atoms with Crippen molar-refractivity contribution in [3.63, 3.8) is 0 Å². The molecule has 10 aromatic carbocycles. The molecular weight excluding hydrogens is 1050 g/mol. The Labute approximate surface area is 462 Å². The van der Waals surface area contributed by atoms with Crippen molar-refractivity contribution >= 4 is 100 Å². The second-order valence-corrected chi connectivity index (χ2v) is 20.3. The zero-order chi connectivity index (χ0) is 54.4. The second-order valence-electron chi connectivity index (χ2n) is 18.1. The summed E-state index contributed by atoms with van der Waals surface area (Å²) in [5.74, 6) is 3.58. The van der Waals surface area contributed by atoms with Gasteiger partial charge in [0.2, 0.25) is 11.8 Å². The number of ether oxygens (including phenoxy) is 4. The van der Waals surface area contributed by atoms with E-state index in [2.05, 4.69) is 25.6 Å². The zero-order valence-electron chi connectivity index (χ0n) is 41.8. The highest BCUT2D eigenvalue weighted by molar-refractivity contribution is 7.94. The summed E-state index contributed by atoms with van der Waals surface area (Å²) in [4.78, 5) is 14.0. The molecule has 17 heteroatoms. The average molecular weight is 1090 g/mol. The van der Waals surface area contributed by atoms with Gasteiger partial charge >= 0.3 is 6.01 Å². The summed E-state index contributed by atoms with van der Waals surface area (Å²) < 4.78 is 66.9. The lowest BCUT2D eigenvalue weighted by atomic mass is 10.1. The average Bonchev–Trinajstić information content (AvgIpc) is 3.48. The summed E-state index contributed by atoms with van der Waals surface area (Å²) in [5.41, 5.74) is 1.45. The van der Waals surface area contributed by atoms with Gasteiger partial charge in [0.1, 0.15) is 45.3 Å². The summed E-state index contributed by atoms with van der Waals surface area (Å²) in [5, 5.41) is 27.8. The minimum atomic E-state index is -4.81. The van der Waals surface area contributed by atoms with Crippen molar-refractivity contribution in [2.24, 2.45) is 0 Å². The fourth-order valence-corrected chi connectivity index (χ4v) is 10.2. The first kappa shape index (κ1) is 50.9. The van der Waals surface area contributed by atoms with E-state index in [0.717, 1.165) is 43.1 Å². The van der Waals surface area contributed by atoms with Crippen molar-refractivity contribution in [3.8, 4) is 46.5 Å².